The number of halogens is 2. The second kappa shape index (κ2) is 9.88. The van der Waals surface area contributed by atoms with Crippen LogP contribution >= 0.6 is 45.2 Å². The number of rotatable bonds is 6. The average molecular weight is 602 g/mol. The minimum atomic E-state index is -0.968. The van der Waals surface area contributed by atoms with Gasteiger partial charge < -0.3 is 14.7 Å². The molecule has 144 valence electrons. The zero-order chi connectivity index (χ0) is 20.8. The number of amides is 1. The second-order valence-corrected chi connectivity index (χ2v) is 8.30. The van der Waals surface area contributed by atoms with E-state index < -0.39 is 5.97 Å². The highest BCUT2D eigenvalue weighted by molar-refractivity contribution is 14.1. The number of aromatic carboxylic acids is 1. The summed E-state index contributed by atoms with van der Waals surface area (Å²) in [5.41, 5.74) is 1.87. The summed E-state index contributed by atoms with van der Waals surface area (Å²) in [6.45, 7) is 0.295. The number of likely N-dealkylation sites (N-methyl/N-ethyl adjacent to an activating group) is 1. The number of hydrogen-bond donors (Lipinski definition) is 1. The minimum Gasteiger partial charge on any atom is -0.487 e. The molecule has 0 aliphatic rings. The number of benzene rings is 2. The van der Waals surface area contributed by atoms with E-state index in [9.17, 15) is 14.9 Å². The summed E-state index contributed by atoms with van der Waals surface area (Å²) in [6.07, 6.45) is 1.56. The van der Waals surface area contributed by atoms with Crippen molar-refractivity contribution in [3.63, 3.8) is 0 Å². The first-order valence-corrected chi connectivity index (χ1v) is 10.2. The lowest BCUT2D eigenvalue weighted by Gasteiger charge is -2.12. The van der Waals surface area contributed by atoms with Gasteiger partial charge in [0.2, 0.25) is 0 Å². The van der Waals surface area contributed by atoms with E-state index in [2.05, 4.69) is 45.2 Å². The number of carbonyl (C=O) groups excluding carboxylic acids is 1. The highest BCUT2D eigenvalue weighted by atomic mass is 127. The van der Waals surface area contributed by atoms with E-state index in [1.54, 1.807) is 32.3 Å². The Morgan fingerprint density at radius 3 is 2.21 bits per heavy atom. The Labute approximate surface area is 190 Å². The highest BCUT2D eigenvalue weighted by Crippen LogP contribution is 2.30. The van der Waals surface area contributed by atoms with E-state index in [1.165, 1.54) is 17.0 Å². The Kier molecular flexibility index (Phi) is 7.82. The molecule has 8 heteroatoms. The van der Waals surface area contributed by atoms with Crippen molar-refractivity contribution in [2.75, 3.05) is 14.1 Å². The van der Waals surface area contributed by atoms with Crippen LogP contribution in [0.15, 0.2) is 42.0 Å². The Bertz CT molecular complexity index is 954. The molecule has 6 nitrogen and oxygen atoms in total. The van der Waals surface area contributed by atoms with Crippen molar-refractivity contribution in [3.05, 3.63) is 65.8 Å². The van der Waals surface area contributed by atoms with Crippen LogP contribution in [0.2, 0.25) is 0 Å². The summed E-state index contributed by atoms with van der Waals surface area (Å²) >= 11 is 4.29. The number of carboxylic acid groups (broad SMARTS) is 1. The van der Waals surface area contributed by atoms with Crippen LogP contribution in [0.1, 0.15) is 21.5 Å². The van der Waals surface area contributed by atoms with Crippen molar-refractivity contribution in [2.24, 2.45) is 0 Å². The van der Waals surface area contributed by atoms with Crippen molar-refractivity contribution < 1.29 is 19.4 Å². The van der Waals surface area contributed by atoms with Gasteiger partial charge in [-0.05, 0) is 86.7 Å². The minimum absolute atomic E-state index is 0.0591. The fourth-order valence-electron chi connectivity index (χ4n) is 2.25. The molecule has 0 heterocycles. The molecule has 0 aliphatic heterocycles. The van der Waals surface area contributed by atoms with Crippen molar-refractivity contribution in [1.82, 2.24) is 4.90 Å². The predicted octanol–water partition coefficient (Wildman–Crippen LogP) is 4.17. The fraction of sp³-hybridized carbons (Fsp3) is 0.150. The fourth-order valence-corrected chi connectivity index (χ4v) is 4.38. The standard InChI is InChI=1S/C20H16I2N2O4/c1-24(2)19(25)15(10-23)7-13-8-16(21)18(17(22)9-13)28-11-12-3-5-14(6-4-12)20(26)27/h3-9H,11H2,1-2H3,(H,26,27)/b15-7-. The molecule has 0 saturated heterocycles. The van der Waals surface area contributed by atoms with E-state index in [0.29, 0.717) is 12.4 Å². The normalized spacial score (nSPS) is 10.9. The topological polar surface area (TPSA) is 90.6 Å². The molecule has 28 heavy (non-hydrogen) atoms. The highest BCUT2D eigenvalue weighted by Gasteiger charge is 2.13. The molecule has 2 aromatic rings. The molecule has 0 bridgehead atoms. The lowest BCUT2D eigenvalue weighted by molar-refractivity contribution is -0.124. The largest absolute Gasteiger partial charge is 0.487 e. The smallest absolute Gasteiger partial charge is 0.335 e. The number of carboxylic acids is 1. The molecule has 1 N–H and O–H groups in total. The van der Waals surface area contributed by atoms with Crippen molar-refractivity contribution in [1.29, 1.82) is 5.26 Å². The molecule has 0 fully saturated rings. The van der Waals surface area contributed by atoms with Gasteiger partial charge in [0.25, 0.3) is 5.91 Å². The van der Waals surface area contributed by atoms with Crippen LogP contribution < -0.4 is 4.74 Å². The number of hydrogen-bond acceptors (Lipinski definition) is 4. The van der Waals surface area contributed by atoms with Gasteiger partial charge in [-0.3, -0.25) is 4.79 Å². The number of ether oxygens (including phenoxy) is 1. The van der Waals surface area contributed by atoms with Gasteiger partial charge in [0.1, 0.15) is 24.0 Å². The average Bonchev–Trinajstić information content (AvgIpc) is 2.65. The molecule has 0 atom stereocenters. The van der Waals surface area contributed by atoms with E-state index >= 15 is 0 Å². The summed E-state index contributed by atoms with van der Waals surface area (Å²) in [4.78, 5) is 24.3. The van der Waals surface area contributed by atoms with Crippen LogP contribution in [0.5, 0.6) is 5.75 Å². The summed E-state index contributed by atoms with van der Waals surface area (Å²) in [5, 5.41) is 18.2. The van der Waals surface area contributed by atoms with Crippen molar-refractivity contribution in [2.45, 2.75) is 6.61 Å². The maximum atomic E-state index is 12.0. The third kappa shape index (κ3) is 5.68. The summed E-state index contributed by atoms with van der Waals surface area (Å²) in [5.74, 6) is -0.625. The summed E-state index contributed by atoms with van der Waals surface area (Å²) in [6, 6.07) is 12.1. The van der Waals surface area contributed by atoms with E-state index in [1.807, 2.05) is 18.2 Å². The van der Waals surface area contributed by atoms with E-state index in [-0.39, 0.29) is 17.0 Å². The monoisotopic (exact) mass is 602 g/mol. The first-order valence-electron chi connectivity index (χ1n) is 8.00. The molecule has 2 rings (SSSR count). The van der Waals surface area contributed by atoms with Gasteiger partial charge in [-0.15, -0.1) is 0 Å². The van der Waals surface area contributed by atoms with Crippen LogP contribution in [0.4, 0.5) is 0 Å². The molecule has 2 aromatic carbocycles. The van der Waals surface area contributed by atoms with Crippen LogP contribution in [0, 0.1) is 18.5 Å². The van der Waals surface area contributed by atoms with Crippen LogP contribution in [-0.4, -0.2) is 36.0 Å². The number of nitriles is 1. The van der Waals surface area contributed by atoms with Gasteiger partial charge in [-0.2, -0.15) is 5.26 Å². The van der Waals surface area contributed by atoms with Gasteiger partial charge in [-0.25, -0.2) is 4.79 Å². The number of carbonyl (C=O) groups is 2. The van der Waals surface area contributed by atoms with Gasteiger partial charge in [-0.1, -0.05) is 12.1 Å². The lowest BCUT2D eigenvalue weighted by Crippen LogP contribution is -2.22. The first kappa shape index (κ1) is 22.2. The van der Waals surface area contributed by atoms with Crippen LogP contribution in [0.3, 0.4) is 0 Å². The first-order chi connectivity index (χ1) is 13.2. The van der Waals surface area contributed by atoms with Gasteiger partial charge in [0, 0.05) is 14.1 Å². The predicted molar refractivity (Wildman–Crippen MR) is 122 cm³/mol. The van der Waals surface area contributed by atoms with Crippen molar-refractivity contribution >= 4 is 63.1 Å². The Hall–Kier alpha value is -2.13. The van der Waals surface area contributed by atoms with Crippen molar-refractivity contribution in [3.8, 4) is 11.8 Å². The van der Waals surface area contributed by atoms with E-state index in [4.69, 9.17) is 9.84 Å². The van der Waals surface area contributed by atoms with Gasteiger partial charge >= 0.3 is 5.97 Å². The second-order valence-electron chi connectivity index (χ2n) is 5.97. The zero-order valence-corrected chi connectivity index (χ0v) is 19.4. The quantitative estimate of drug-likeness (QED) is 0.305. The number of nitrogens with zero attached hydrogens (tertiary/aromatic N) is 2. The molecule has 0 saturated carbocycles. The molecule has 0 aliphatic carbocycles. The molecule has 0 aromatic heterocycles. The molecular weight excluding hydrogens is 586 g/mol. The molecule has 1 amide bonds. The Morgan fingerprint density at radius 1 is 1.18 bits per heavy atom. The third-order valence-corrected chi connectivity index (χ3v) is 5.28. The molecule has 0 spiro atoms. The molecular formula is C20H16I2N2O4. The molecule has 0 radical (unpaired) electrons. The Morgan fingerprint density at radius 2 is 1.75 bits per heavy atom. The van der Waals surface area contributed by atoms with E-state index in [0.717, 1.165) is 18.3 Å². The summed E-state index contributed by atoms with van der Waals surface area (Å²) in [7, 11) is 3.20. The van der Waals surface area contributed by atoms with Crippen LogP contribution in [-0.2, 0) is 11.4 Å². The zero-order valence-electron chi connectivity index (χ0n) is 15.1. The Balaban J connectivity index is 2.20. The maximum absolute atomic E-state index is 12.0. The summed E-state index contributed by atoms with van der Waals surface area (Å²) < 4.78 is 7.58. The lowest BCUT2D eigenvalue weighted by atomic mass is 10.1. The third-order valence-electron chi connectivity index (χ3n) is 3.67. The maximum Gasteiger partial charge on any atom is 0.335 e. The molecule has 0 unspecified atom stereocenters. The van der Waals surface area contributed by atoms with Crippen LogP contribution in [0.25, 0.3) is 6.08 Å². The van der Waals surface area contributed by atoms with Gasteiger partial charge in [0.05, 0.1) is 12.7 Å². The SMILES string of the molecule is CN(C)C(=O)/C(C#N)=C\c1cc(I)c(OCc2ccc(C(=O)O)cc2)c(I)c1. The van der Waals surface area contributed by atoms with Gasteiger partial charge in [0.15, 0.2) is 0 Å².